The Balaban J connectivity index is 1.33. The number of hydrogen-bond donors (Lipinski definition) is 1. The highest BCUT2D eigenvalue weighted by Crippen LogP contribution is 2.28. The van der Waals surface area contributed by atoms with Gasteiger partial charge < -0.3 is 24.4 Å². The molecule has 13 heteroatoms. The van der Waals surface area contributed by atoms with E-state index < -0.39 is 22.0 Å². The number of ether oxygens (including phenoxy) is 3. The Hall–Kier alpha value is -3.97. The molecular formula is C26H29N5O7S. The highest BCUT2D eigenvalue weighted by atomic mass is 32.2. The van der Waals surface area contributed by atoms with Crippen LogP contribution in [0.2, 0.25) is 0 Å². The molecule has 39 heavy (non-hydrogen) atoms. The van der Waals surface area contributed by atoms with E-state index >= 15 is 0 Å². The molecule has 0 radical (unpaired) electrons. The molecule has 206 valence electrons. The van der Waals surface area contributed by atoms with Crippen LogP contribution in [0.4, 0.5) is 0 Å². The molecule has 1 saturated heterocycles. The number of aromatic nitrogens is 3. The number of rotatable bonds is 5. The summed E-state index contributed by atoms with van der Waals surface area (Å²) in [6, 6.07) is 12.4. The van der Waals surface area contributed by atoms with Gasteiger partial charge in [0.05, 0.1) is 49.3 Å². The molecule has 4 bridgehead atoms. The molecule has 1 aromatic heterocycles. The Kier molecular flexibility index (Phi) is 7.79. The lowest BCUT2D eigenvalue weighted by Crippen LogP contribution is -2.44. The number of nitrogens with one attached hydrogen (secondary N) is 1. The molecule has 2 atom stereocenters. The molecule has 12 nitrogen and oxygen atoms in total. The van der Waals surface area contributed by atoms with Crippen molar-refractivity contribution in [2.75, 3.05) is 32.6 Å². The van der Waals surface area contributed by atoms with Gasteiger partial charge in [-0.1, -0.05) is 23.4 Å². The van der Waals surface area contributed by atoms with Crippen molar-refractivity contribution >= 4 is 21.7 Å². The van der Waals surface area contributed by atoms with Crippen LogP contribution < -0.4 is 14.8 Å². The molecule has 0 unspecified atom stereocenters. The molecule has 1 fully saturated rings. The molecule has 2 aromatic carbocycles. The molecule has 2 aliphatic heterocycles. The number of benzene rings is 2. The minimum atomic E-state index is -3.61. The lowest BCUT2D eigenvalue weighted by molar-refractivity contribution is -0.130. The van der Waals surface area contributed by atoms with Gasteiger partial charge in [-0.15, -0.1) is 5.10 Å². The molecule has 2 amide bonds. The maximum atomic E-state index is 13.2. The molecule has 0 spiro atoms. The van der Waals surface area contributed by atoms with E-state index in [-0.39, 0.29) is 55.2 Å². The van der Waals surface area contributed by atoms with Crippen LogP contribution in [-0.4, -0.2) is 84.8 Å². The Morgan fingerprint density at radius 3 is 2.79 bits per heavy atom. The van der Waals surface area contributed by atoms with Crippen molar-refractivity contribution in [2.45, 2.75) is 36.6 Å². The van der Waals surface area contributed by atoms with Crippen molar-refractivity contribution in [2.24, 2.45) is 0 Å². The minimum absolute atomic E-state index is 0.129. The largest absolute Gasteiger partial charge is 0.493 e. The Morgan fingerprint density at radius 1 is 1.18 bits per heavy atom. The van der Waals surface area contributed by atoms with Crippen molar-refractivity contribution in [1.82, 2.24) is 25.2 Å². The number of nitrogens with zero attached hydrogens (tertiary/aromatic N) is 4. The number of carbonyl (C=O) groups is 2. The van der Waals surface area contributed by atoms with E-state index in [9.17, 15) is 18.0 Å². The van der Waals surface area contributed by atoms with Crippen molar-refractivity contribution < 1.29 is 32.2 Å². The van der Waals surface area contributed by atoms with E-state index in [0.717, 1.165) is 0 Å². The van der Waals surface area contributed by atoms with E-state index in [2.05, 4.69) is 15.6 Å². The summed E-state index contributed by atoms with van der Waals surface area (Å²) in [6.45, 7) is 1.21. The van der Waals surface area contributed by atoms with Crippen LogP contribution in [-0.2, 0) is 32.5 Å². The van der Waals surface area contributed by atoms with E-state index in [4.69, 9.17) is 14.2 Å². The first kappa shape index (κ1) is 26.6. The van der Waals surface area contributed by atoms with Gasteiger partial charge in [-0.2, -0.15) is 0 Å². The number of hydrogen-bond acceptors (Lipinski definition) is 9. The van der Waals surface area contributed by atoms with Gasteiger partial charge in [-0.05, 0) is 30.3 Å². The number of amides is 2. The van der Waals surface area contributed by atoms with E-state index in [1.807, 2.05) is 0 Å². The Morgan fingerprint density at radius 2 is 2.00 bits per heavy atom. The van der Waals surface area contributed by atoms with Crippen LogP contribution >= 0.6 is 0 Å². The lowest BCUT2D eigenvalue weighted by atomic mass is 10.1. The quantitative estimate of drug-likeness (QED) is 0.489. The summed E-state index contributed by atoms with van der Waals surface area (Å²) in [4.78, 5) is 27.9. The molecule has 0 aliphatic carbocycles. The number of sulfone groups is 1. The average molecular weight is 556 g/mol. The summed E-state index contributed by atoms with van der Waals surface area (Å²) in [5.74, 6) is -0.107. The second-order valence-corrected chi connectivity index (χ2v) is 11.4. The normalized spacial score (nSPS) is 19.7. The smallest absolute Gasteiger partial charge is 0.251 e. The fourth-order valence-electron chi connectivity index (χ4n) is 4.55. The summed E-state index contributed by atoms with van der Waals surface area (Å²) in [5.41, 5.74) is 0.951. The number of methoxy groups -OCH3 is 1. The van der Waals surface area contributed by atoms with Gasteiger partial charge >= 0.3 is 0 Å². The number of carbonyl (C=O) groups excluding carboxylic acids is 2. The third-order valence-electron chi connectivity index (χ3n) is 6.66. The fourth-order valence-corrected chi connectivity index (χ4v) is 5.80. The molecular weight excluding hydrogens is 526 g/mol. The number of likely N-dealkylation sites (tertiary alicyclic amines) is 1. The van der Waals surface area contributed by atoms with Crippen molar-refractivity contribution in [1.29, 1.82) is 0 Å². The van der Waals surface area contributed by atoms with Crippen molar-refractivity contribution in [3.63, 3.8) is 0 Å². The predicted molar refractivity (Wildman–Crippen MR) is 138 cm³/mol. The summed E-state index contributed by atoms with van der Waals surface area (Å²) in [7, 11) is -2.09. The van der Waals surface area contributed by atoms with E-state index in [1.165, 1.54) is 24.1 Å². The summed E-state index contributed by atoms with van der Waals surface area (Å²) < 4.78 is 44.3. The average Bonchev–Trinajstić information content (AvgIpc) is 3.57. The van der Waals surface area contributed by atoms with Crippen LogP contribution in [0.15, 0.2) is 59.6 Å². The Bertz CT molecular complexity index is 1440. The standard InChI is InChI=1S/C26H29N5O7S/c1-36-22-8-7-18-13-23(22)37-11-10-31-14-19(28-29-31)17-38-24-16-30(15-21(24)27-26(18)33)25(32)9-12-39(34,35)20-5-3-2-4-6-20/h2-8,13-14,21,24H,9-12,15-17H2,1H3,(H,27,33)/t21-,24-/m0/s1. The lowest BCUT2D eigenvalue weighted by Gasteiger charge is -2.20. The van der Waals surface area contributed by atoms with Gasteiger partial charge in [0, 0.05) is 25.1 Å². The SMILES string of the molecule is COc1ccc2cc1OCCn1cc(nn1)CO[C@H]1CN(C(=O)CCS(=O)(=O)c3ccccc3)C[C@@H]1NC2=O. The summed E-state index contributed by atoms with van der Waals surface area (Å²) in [6.07, 6.45) is 1.03. The fraction of sp³-hybridized carbons (Fsp3) is 0.385. The van der Waals surface area contributed by atoms with Crippen molar-refractivity contribution in [3.8, 4) is 11.5 Å². The van der Waals surface area contributed by atoms with Gasteiger partial charge in [0.25, 0.3) is 5.91 Å². The molecule has 3 heterocycles. The first-order valence-corrected chi connectivity index (χ1v) is 14.2. The monoisotopic (exact) mass is 555 g/mol. The van der Waals surface area contributed by atoms with Gasteiger partial charge in [0.2, 0.25) is 5.91 Å². The highest BCUT2D eigenvalue weighted by Gasteiger charge is 2.37. The zero-order valence-electron chi connectivity index (χ0n) is 21.4. The summed E-state index contributed by atoms with van der Waals surface area (Å²) in [5, 5.41) is 11.2. The van der Waals surface area contributed by atoms with Crippen LogP contribution in [0.25, 0.3) is 0 Å². The van der Waals surface area contributed by atoms with Gasteiger partial charge in [0.15, 0.2) is 21.3 Å². The maximum absolute atomic E-state index is 13.2. The molecule has 2 aliphatic rings. The first-order chi connectivity index (χ1) is 18.8. The van der Waals surface area contributed by atoms with Crippen LogP contribution in [0.1, 0.15) is 22.5 Å². The second-order valence-electron chi connectivity index (χ2n) is 9.30. The zero-order valence-corrected chi connectivity index (χ0v) is 22.2. The van der Waals surface area contributed by atoms with Crippen LogP contribution in [0, 0.1) is 0 Å². The van der Waals surface area contributed by atoms with Crippen LogP contribution in [0.5, 0.6) is 11.5 Å². The van der Waals surface area contributed by atoms with Crippen LogP contribution in [0.3, 0.4) is 0 Å². The molecule has 0 saturated carbocycles. The second kappa shape index (κ2) is 11.4. The third kappa shape index (κ3) is 6.20. The molecule has 3 aromatic rings. The third-order valence-corrected chi connectivity index (χ3v) is 8.39. The molecule has 5 rings (SSSR count). The van der Waals surface area contributed by atoms with Gasteiger partial charge in [-0.25, -0.2) is 13.1 Å². The predicted octanol–water partition coefficient (Wildman–Crippen LogP) is 1.07. The topological polar surface area (TPSA) is 142 Å². The zero-order chi connectivity index (χ0) is 27.4. The van der Waals surface area contributed by atoms with E-state index in [1.54, 1.807) is 47.3 Å². The number of fused-ring (bicyclic) bond motifs is 5. The first-order valence-electron chi connectivity index (χ1n) is 12.5. The Labute approximate surface area is 225 Å². The van der Waals surface area contributed by atoms with E-state index in [0.29, 0.717) is 29.3 Å². The molecule has 1 N–H and O–H groups in total. The maximum Gasteiger partial charge on any atom is 0.251 e. The van der Waals surface area contributed by atoms with Crippen molar-refractivity contribution in [3.05, 3.63) is 66.0 Å². The minimum Gasteiger partial charge on any atom is -0.493 e. The highest BCUT2D eigenvalue weighted by molar-refractivity contribution is 7.91. The van der Waals surface area contributed by atoms with Gasteiger partial charge in [0.1, 0.15) is 12.3 Å². The summed E-state index contributed by atoms with van der Waals surface area (Å²) >= 11 is 0. The van der Waals surface area contributed by atoms with Gasteiger partial charge in [-0.3, -0.25) is 9.59 Å².